The van der Waals surface area contributed by atoms with Gasteiger partial charge in [-0.15, -0.1) is 0 Å². The molecule has 1 aliphatic rings. The average molecular weight is 607 g/mol. The zero-order valence-corrected chi connectivity index (χ0v) is 26.2. The van der Waals surface area contributed by atoms with E-state index >= 15 is 0 Å². The number of allylic oxidation sites excluding steroid dienone is 2. The summed E-state index contributed by atoms with van der Waals surface area (Å²) >= 11 is 0. The van der Waals surface area contributed by atoms with Crippen LogP contribution in [0.2, 0.25) is 0 Å². The monoisotopic (exact) mass is 606 g/mol. The number of carbonyl (C=O) groups excluding carboxylic acids is 2. The molecule has 6 nitrogen and oxygen atoms in total. The van der Waals surface area contributed by atoms with Crippen molar-refractivity contribution >= 4 is 17.6 Å². The molecule has 0 radical (unpaired) electrons. The number of anilines is 1. The van der Waals surface area contributed by atoms with Crippen molar-refractivity contribution in [3.63, 3.8) is 0 Å². The fourth-order valence-electron chi connectivity index (χ4n) is 5.45. The van der Waals surface area contributed by atoms with Crippen LogP contribution in [0, 0.1) is 5.82 Å². The fraction of sp³-hybridized carbons (Fsp3) is 0.263. The third kappa shape index (κ3) is 8.46. The van der Waals surface area contributed by atoms with Crippen LogP contribution in [0.1, 0.15) is 49.5 Å². The van der Waals surface area contributed by atoms with Crippen molar-refractivity contribution in [1.82, 2.24) is 4.90 Å². The van der Waals surface area contributed by atoms with Crippen LogP contribution >= 0.6 is 0 Å². The molecule has 0 aliphatic carbocycles. The number of piperidine rings is 1. The first-order chi connectivity index (χ1) is 21.6. The number of likely N-dealkylation sites (tertiary alicyclic amines) is 1. The van der Waals surface area contributed by atoms with Crippen LogP contribution in [-0.2, 0) is 11.2 Å². The maximum atomic E-state index is 14.4. The first-order valence-electron chi connectivity index (χ1n) is 15.3. The van der Waals surface area contributed by atoms with E-state index in [1.54, 1.807) is 24.3 Å². The highest BCUT2D eigenvalue weighted by Gasteiger charge is 2.19. The van der Waals surface area contributed by atoms with E-state index in [1.807, 2.05) is 68.5 Å². The summed E-state index contributed by atoms with van der Waals surface area (Å²) in [5.74, 6) is 0.170. The summed E-state index contributed by atoms with van der Waals surface area (Å²) in [5, 5.41) is 3.01. The third-order valence-electron chi connectivity index (χ3n) is 7.83. The molecule has 0 saturated carbocycles. The number of amides is 1. The molecule has 4 aromatic rings. The predicted molar refractivity (Wildman–Crippen MR) is 177 cm³/mol. The number of benzene rings is 4. The van der Waals surface area contributed by atoms with E-state index in [0.717, 1.165) is 65.1 Å². The molecule has 0 unspecified atom stereocenters. The number of halogens is 1. The van der Waals surface area contributed by atoms with Crippen molar-refractivity contribution in [1.29, 1.82) is 0 Å². The first-order valence-corrected chi connectivity index (χ1v) is 15.3. The lowest BCUT2D eigenvalue weighted by molar-refractivity contribution is -0.131. The van der Waals surface area contributed by atoms with E-state index in [9.17, 15) is 14.0 Å². The molecule has 0 spiro atoms. The van der Waals surface area contributed by atoms with Gasteiger partial charge in [-0.1, -0.05) is 42.0 Å². The van der Waals surface area contributed by atoms with E-state index < -0.39 is 5.97 Å². The summed E-state index contributed by atoms with van der Waals surface area (Å²) < 4.78 is 26.1. The Balaban J connectivity index is 1.43. The van der Waals surface area contributed by atoms with Crippen molar-refractivity contribution in [2.75, 3.05) is 25.5 Å². The van der Waals surface area contributed by atoms with Crippen LogP contribution in [0.5, 0.6) is 11.5 Å². The molecule has 1 N–H and O–H groups in total. The summed E-state index contributed by atoms with van der Waals surface area (Å²) in [5.41, 5.74) is 6.27. The van der Waals surface area contributed by atoms with E-state index in [0.29, 0.717) is 23.4 Å². The third-order valence-corrected chi connectivity index (χ3v) is 7.83. The summed E-state index contributed by atoms with van der Waals surface area (Å²) in [6.07, 6.45) is 4.60. The number of nitrogens with one attached hydrogen (secondary N) is 1. The highest BCUT2D eigenvalue weighted by molar-refractivity contribution is 6.05. The number of hydrogen-bond acceptors (Lipinski definition) is 5. The van der Waals surface area contributed by atoms with Crippen molar-refractivity contribution in [3.8, 4) is 33.8 Å². The highest BCUT2D eigenvalue weighted by atomic mass is 19.1. The van der Waals surface area contributed by atoms with Gasteiger partial charge in [0.25, 0.3) is 5.91 Å². The van der Waals surface area contributed by atoms with Gasteiger partial charge in [0.2, 0.25) is 0 Å². The van der Waals surface area contributed by atoms with E-state index in [-0.39, 0.29) is 17.8 Å². The van der Waals surface area contributed by atoms with E-state index in [4.69, 9.17) is 9.47 Å². The second-order valence-corrected chi connectivity index (χ2v) is 11.8. The van der Waals surface area contributed by atoms with Crippen molar-refractivity contribution in [2.24, 2.45) is 0 Å². The molecular formula is C38H39FN2O4. The maximum absolute atomic E-state index is 14.4. The molecule has 1 saturated heterocycles. The largest absolute Gasteiger partial charge is 0.490 e. The van der Waals surface area contributed by atoms with Gasteiger partial charge in [0.1, 0.15) is 23.4 Å². The molecule has 1 heterocycles. The molecule has 1 amide bonds. The van der Waals surface area contributed by atoms with Gasteiger partial charge in [-0.2, -0.15) is 0 Å². The van der Waals surface area contributed by atoms with Gasteiger partial charge in [-0.05, 0) is 123 Å². The van der Waals surface area contributed by atoms with Gasteiger partial charge in [0.15, 0.2) is 0 Å². The Hall–Kier alpha value is -4.75. The lowest BCUT2D eigenvalue weighted by atomic mass is 9.94. The SMILES string of the molecule is CC(=O)Oc1ccc(C(=O)Nc2cccc(-c3ccc(OC4CCN(C)CC4)cc3-c3cccc(F)c3)c2)cc1CC=C(C)C. The number of hydrogen-bond donors (Lipinski definition) is 1. The molecule has 0 aromatic heterocycles. The van der Waals surface area contributed by atoms with Gasteiger partial charge in [0, 0.05) is 31.3 Å². The maximum Gasteiger partial charge on any atom is 0.308 e. The molecule has 1 fully saturated rings. The van der Waals surface area contributed by atoms with Crippen LogP contribution < -0.4 is 14.8 Å². The number of rotatable bonds is 9. The second-order valence-electron chi connectivity index (χ2n) is 11.8. The number of ether oxygens (including phenoxy) is 2. The topological polar surface area (TPSA) is 67.9 Å². The van der Waals surface area contributed by atoms with Crippen LogP contribution in [0.4, 0.5) is 10.1 Å². The number of esters is 1. The Morgan fingerprint density at radius 1 is 0.889 bits per heavy atom. The molecule has 7 heteroatoms. The fourth-order valence-corrected chi connectivity index (χ4v) is 5.45. The zero-order chi connectivity index (χ0) is 31.9. The van der Waals surface area contributed by atoms with Gasteiger partial charge in [-0.25, -0.2) is 4.39 Å². The zero-order valence-electron chi connectivity index (χ0n) is 26.2. The van der Waals surface area contributed by atoms with Crippen LogP contribution in [0.15, 0.2) is 96.6 Å². The average Bonchev–Trinajstić information content (AvgIpc) is 3.01. The summed E-state index contributed by atoms with van der Waals surface area (Å²) in [4.78, 5) is 27.3. The van der Waals surface area contributed by atoms with Crippen molar-refractivity contribution in [2.45, 2.75) is 46.1 Å². The summed E-state index contributed by atoms with van der Waals surface area (Å²) in [6, 6.07) is 25.1. The second kappa shape index (κ2) is 14.4. The smallest absolute Gasteiger partial charge is 0.308 e. The van der Waals surface area contributed by atoms with Gasteiger partial charge in [0.05, 0.1) is 0 Å². The molecule has 45 heavy (non-hydrogen) atoms. The van der Waals surface area contributed by atoms with Crippen LogP contribution in [0.25, 0.3) is 22.3 Å². The van der Waals surface area contributed by atoms with Gasteiger partial charge >= 0.3 is 5.97 Å². The minimum atomic E-state index is -0.415. The Labute approximate surface area is 264 Å². The van der Waals surface area contributed by atoms with Crippen molar-refractivity contribution < 1.29 is 23.5 Å². The molecule has 0 bridgehead atoms. The van der Waals surface area contributed by atoms with E-state index in [1.165, 1.54) is 19.1 Å². The standard InChI is InChI=1S/C38H39FN2O4/c1-25(2)11-12-29-21-30(13-16-37(29)44-26(3)42)38(43)40-32-10-6-8-28(23-32)35-15-14-34(45-33-17-19-41(4)20-18-33)24-36(35)27-7-5-9-31(39)22-27/h5-11,13-16,21-24,33H,12,17-20H2,1-4H3,(H,40,43). The van der Waals surface area contributed by atoms with E-state index in [2.05, 4.69) is 17.3 Å². The number of carbonyl (C=O) groups is 2. The molecule has 0 atom stereocenters. The first kappa shape index (κ1) is 31.7. The van der Waals surface area contributed by atoms with Crippen LogP contribution in [0.3, 0.4) is 0 Å². The minimum Gasteiger partial charge on any atom is -0.490 e. The van der Waals surface area contributed by atoms with Crippen LogP contribution in [-0.4, -0.2) is 43.0 Å². The highest BCUT2D eigenvalue weighted by Crippen LogP contribution is 2.37. The Kier molecular flexibility index (Phi) is 10.1. The lowest BCUT2D eigenvalue weighted by Crippen LogP contribution is -2.35. The lowest BCUT2D eigenvalue weighted by Gasteiger charge is -2.29. The molecular weight excluding hydrogens is 567 g/mol. The number of nitrogens with zero attached hydrogens (tertiary/aromatic N) is 1. The Morgan fingerprint density at radius 3 is 2.33 bits per heavy atom. The molecule has 232 valence electrons. The molecule has 4 aromatic carbocycles. The quantitative estimate of drug-likeness (QED) is 0.118. The summed E-state index contributed by atoms with van der Waals surface area (Å²) in [6.45, 7) is 7.32. The summed E-state index contributed by atoms with van der Waals surface area (Å²) in [7, 11) is 2.12. The Morgan fingerprint density at radius 2 is 1.62 bits per heavy atom. The molecule has 5 rings (SSSR count). The minimum absolute atomic E-state index is 0.136. The predicted octanol–water partition coefficient (Wildman–Crippen LogP) is 8.32. The molecule has 1 aliphatic heterocycles. The van der Waals surface area contributed by atoms with Gasteiger partial charge < -0.3 is 19.7 Å². The van der Waals surface area contributed by atoms with Gasteiger partial charge in [-0.3, -0.25) is 9.59 Å². The Bertz CT molecular complexity index is 1720. The normalized spacial score (nSPS) is 13.6. The van der Waals surface area contributed by atoms with Crippen molar-refractivity contribution in [3.05, 3.63) is 114 Å².